The van der Waals surface area contributed by atoms with Crippen molar-refractivity contribution >= 4 is 12.6 Å². The van der Waals surface area contributed by atoms with Crippen molar-refractivity contribution < 1.29 is 19.0 Å². The van der Waals surface area contributed by atoms with E-state index >= 15 is 0 Å². The van der Waals surface area contributed by atoms with Crippen LogP contribution in [-0.4, -0.2) is 22.1 Å². The molecule has 15 heavy (non-hydrogen) atoms. The van der Waals surface area contributed by atoms with Gasteiger partial charge in [0, 0.05) is 0 Å². The van der Waals surface area contributed by atoms with Gasteiger partial charge in [-0.15, -0.1) is 0 Å². The van der Waals surface area contributed by atoms with Crippen LogP contribution in [0.2, 0.25) is 0 Å². The molecule has 2 nitrogen and oxygen atoms in total. The van der Waals surface area contributed by atoms with Crippen molar-refractivity contribution in [2.75, 3.05) is 5.75 Å². The number of aliphatic hydroxyl groups excluding tert-OH is 2. The number of hydrogen-bond acceptors (Lipinski definition) is 3. The van der Waals surface area contributed by atoms with E-state index in [1.165, 1.54) is 6.07 Å². The molecule has 0 saturated heterocycles. The monoisotopic (exact) mass is 234 g/mol. The Kier molecular flexibility index (Phi) is 4.50. The summed E-state index contributed by atoms with van der Waals surface area (Å²) in [5, 5.41) is 18.9. The molecule has 2 N–H and O–H groups in total. The van der Waals surface area contributed by atoms with Crippen LogP contribution in [0.3, 0.4) is 0 Å². The van der Waals surface area contributed by atoms with Gasteiger partial charge in [0.15, 0.2) is 0 Å². The first kappa shape index (κ1) is 12.4. The average Bonchev–Trinajstić information content (AvgIpc) is 2.17. The molecule has 0 aliphatic rings. The molecule has 1 aromatic rings. The highest BCUT2D eigenvalue weighted by Crippen LogP contribution is 2.24. The molecule has 2 unspecified atom stereocenters. The highest BCUT2D eigenvalue weighted by molar-refractivity contribution is 7.80. The van der Waals surface area contributed by atoms with Crippen molar-refractivity contribution in [1.29, 1.82) is 0 Å². The summed E-state index contributed by atoms with van der Waals surface area (Å²) in [6, 6.07) is 3.27. The Morgan fingerprint density at radius 1 is 1.20 bits per heavy atom. The summed E-state index contributed by atoms with van der Waals surface area (Å²) >= 11 is 3.86. The number of thiol groups is 1. The highest BCUT2D eigenvalue weighted by Gasteiger charge is 2.24. The van der Waals surface area contributed by atoms with E-state index in [0.717, 1.165) is 12.1 Å². The normalized spacial score (nSPS) is 15.0. The third-order valence-electron chi connectivity index (χ3n) is 2.08. The summed E-state index contributed by atoms with van der Waals surface area (Å²) in [4.78, 5) is 0. The number of rotatable bonds is 4. The van der Waals surface area contributed by atoms with Gasteiger partial charge in [-0.25, -0.2) is 8.78 Å². The lowest BCUT2D eigenvalue weighted by atomic mass is 10.0. The van der Waals surface area contributed by atoms with Crippen LogP contribution in [0.25, 0.3) is 0 Å². The molecule has 0 aliphatic heterocycles. The molecule has 0 saturated carbocycles. The van der Waals surface area contributed by atoms with Gasteiger partial charge < -0.3 is 10.2 Å². The molecule has 84 valence electrons. The summed E-state index contributed by atoms with van der Waals surface area (Å²) in [5.74, 6) is -1.39. The van der Waals surface area contributed by atoms with Crippen LogP contribution in [0.15, 0.2) is 18.2 Å². The van der Waals surface area contributed by atoms with Crippen molar-refractivity contribution in [3.05, 3.63) is 35.4 Å². The van der Waals surface area contributed by atoms with Gasteiger partial charge in [0.1, 0.15) is 17.7 Å². The van der Waals surface area contributed by atoms with E-state index in [1.54, 1.807) is 0 Å². The van der Waals surface area contributed by atoms with Crippen molar-refractivity contribution in [3.8, 4) is 0 Å². The van der Waals surface area contributed by atoms with Crippen molar-refractivity contribution in [3.63, 3.8) is 0 Å². The topological polar surface area (TPSA) is 40.5 Å². The van der Waals surface area contributed by atoms with Gasteiger partial charge in [0.05, 0.1) is 11.7 Å². The lowest BCUT2D eigenvalue weighted by Crippen LogP contribution is -2.21. The maximum Gasteiger partial charge on any atom is 0.132 e. The second kappa shape index (κ2) is 5.44. The first-order chi connectivity index (χ1) is 7.07. The molecule has 5 heteroatoms. The second-order valence-corrected chi connectivity index (χ2v) is 3.61. The van der Waals surface area contributed by atoms with Crippen LogP contribution >= 0.6 is 12.6 Å². The highest BCUT2D eigenvalue weighted by atomic mass is 32.1. The van der Waals surface area contributed by atoms with E-state index in [-0.39, 0.29) is 6.42 Å². The number of hydrogen-bond donors (Lipinski definition) is 3. The Bertz CT molecular complexity index is 313. The predicted molar refractivity (Wildman–Crippen MR) is 55.8 cm³/mol. The summed E-state index contributed by atoms with van der Waals surface area (Å²) in [6.07, 6.45) is -2.61. The Labute approximate surface area is 92.0 Å². The average molecular weight is 234 g/mol. The van der Waals surface area contributed by atoms with E-state index in [4.69, 9.17) is 0 Å². The van der Waals surface area contributed by atoms with Gasteiger partial charge in [0.2, 0.25) is 0 Å². The minimum Gasteiger partial charge on any atom is -0.390 e. The van der Waals surface area contributed by atoms with Crippen LogP contribution in [-0.2, 0) is 0 Å². The van der Waals surface area contributed by atoms with Crippen LogP contribution in [0, 0.1) is 11.6 Å². The SMILES string of the molecule is OC(CCS)C(O)c1c(F)cccc1F. The van der Waals surface area contributed by atoms with Gasteiger partial charge in [-0.1, -0.05) is 6.07 Å². The van der Waals surface area contributed by atoms with Crippen LogP contribution in [0.1, 0.15) is 18.1 Å². The Balaban J connectivity index is 2.94. The number of benzene rings is 1. The summed E-state index contributed by atoms with van der Waals surface area (Å²) in [7, 11) is 0. The van der Waals surface area contributed by atoms with E-state index in [1.807, 2.05) is 0 Å². The zero-order valence-electron chi connectivity index (χ0n) is 7.90. The third kappa shape index (κ3) is 2.90. The predicted octanol–water partition coefficient (Wildman–Crippen LogP) is 1.68. The van der Waals surface area contributed by atoms with E-state index in [9.17, 15) is 19.0 Å². The van der Waals surface area contributed by atoms with Gasteiger partial charge in [-0.05, 0) is 24.3 Å². The van der Waals surface area contributed by atoms with Gasteiger partial charge >= 0.3 is 0 Å². The lowest BCUT2D eigenvalue weighted by molar-refractivity contribution is 0.0129. The summed E-state index contributed by atoms with van der Waals surface area (Å²) in [6.45, 7) is 0. The van der Waals surface area contributed by atoms with Crippen LogP contribution in [0.5, 0.6) is 0 Å². The zero-order chi connectivity index (χ0) is 11.4. The fourth-order valence-electron chi connectivity index (χ4n) is 1.28. The molecule has 0 bridgehead atoms. The quantitative estimate of drug-likeness (QED) is 0.694. The van der Waals surface area contributed by atoms with E-state index < -0.39 is 29.4 Å². The molecule has 0 radical (unpaired) electrons. The van der Waals surface area contributed by atoms with Gasteiger partial charge in [-0.3, -0.25) is 0 Å². The smallest absolute Gasteiger partial charge is 0.132 e. The molecule has 0 fully saturated rings. The molecule has 0 aliphatic carbocycles. The second-order valence-electron chi connectivity index (χ2n) is 3.16. The van der Waals surface area contributed by atoms with Crippen LogP contribution in [0.4, 0.5) is 8.78 Å². The molecular weight excluding hydrogens is 222 g/mol. The van der Waals surface area contributed by atoms with Crippen molar-refractivity contribution in [2.24, 2.45) is 0 Å². The largest absolute Gasteiger partial charge is 0.390 e. The number of aliphatic hydroxyl groups is 2. The zero-order valence-corrected chi connectivity index (χ0v) is 8.79. The molecule has 1 rings (SSSR count). The molecule has 0 heterocycles. The maximum atomic E-state index is 13.2. The molecule has 0 aromatic heterocycles. The van der Waals surface area contributed by atoms with E-state index in [2.05, 4.69) is 12.6 Å². The number of halogens is 2. The van der Waals surface area contributed by atoms with Gasteiger partial charge in [-0.2, -0.15) is 12.6 Å². The Morgan fingerprint density at radius 2 is 1.73 bits per heavy atom. The molecule has 2 atom stereocenters. The molecule has 0 amide bonds. The van der Waals surface area contributed by atoms with Gasteiger partial charge in [0.25, 0.3) is 0 Å². The fourth-order valence-corrected chi connectivity index (χ4v) is 1.54. The standard InChI is InChI=1S/C10H12F2O2S/c11-6-2-1-3-7(12)9(6)10(14)8(13)4-5-15/h1-3,8,10,13-15H,4-5H2. The summed E-state index contributed by atoms with van der Waals surface area (Å²) in [5.41, 5.74) is -0.494. The van der Waals surface area contributed by atoms with Crippen LogP contribution < -0.4 is 0 Å². The molecule has 0 spiro atoms. The third-order valence-corrected chi connectivity index (χ3v) is 2.34. The first-order valence-corrected chi connectivity index (χ1v) is 5.12. The maximum absolute atomic E-state index is 13.2. The molecule has 1 aromatic carbocycles. The minimum absolute atomic E-state index is 0.165. The first-order valence-electron chi connectivity index (χ1n) is 4.48. The fraction of sp³-hybridized carbons (Fsp3) is 0.400. The Morgan fingerprint density at radius 3 is 2.20 bits per heavy atom. The Hall–Kier alpha value is -0.650. The summed E-state index contributed by atoms with van der Waals surface area (Å²) < 4.78 is 26.3. The van der Waals surface area contributed by atoms with Crippen molar-refractivity contribution in [1.82, 2.24) is 0 Å². The lowest BCUT2D eigenvalue weighted by Gasteiger charge is -2.18. The minimum atomic E-state index is -1.56. The van der Waals surface area contributed by atoms with Crippen molar-refractivity contribution in [2.45, 2.75) is 18.6 Å². The molecular formula is C10H12F2O2S. The van der Waals surface area contributed by atoms with E-state index in [0.29, 0.717) is 5.75 Å².